The molecular weight excluding hydrogens is 456 g/mol. The zero-order chi connectivity index (χ0) is 25.5. The molecule has 0 radical (unpaired) electrons. The van der Waals surface area contributed by atoms with Crippen LogP contribution in [0.5, 0.6) is 0 Å². The molecule has 3 heterocycles. The lowest BCUT2D eigenvalue weighted by molar-refractivity contribution is -0.173. The van der Waals surface area contributed by atoms with E-state index in [0.717, 1.165) is 31.1 Å². The number of hydrogen-bond donors (Lipinski definition) is 2. The molecule has 2 fully saturated rings. The van der Waals surface area contributed by atoms with Crippen molar-refractivity contribution in [1.82, 2.24) is 20.0 Å². The Morgan fingerprint density at radius 3 is 2.14 bits per heavy atom. The summed E-state index contributed by atoms with van der Waals surface area (Å²) in [6, 6.07) is 4.08. The van der Waals surface area contributed by atoms with Gasteiger partial charge in [0.15, 0.2) is 0 Å². The third-order valence-corrected chi connectivity index (χ3v) is 7.07. The van der Waals surface area contributed by atoms with Gasteiger partial charge in [0.1, 0.15) is 6.04 Å². The predicted octanol–water partition coefficient (Wildman–Crippen LogP) is 0.592. The number of carbonyl (C=O) groups excluding carboxylic acids is 5. The zero-order valence-corrected chi connectivity index (χ0v) is 19.7. The van der Waals surface area contributed by atoms with E-state index in [1.165, 1.54) is 12.1 Å². The van der Waals surface area contributed by atoms with Gasteiger partial charge in [-0.3, -0.25) is 33.8 Å². The number of imide groups is 2. The maximum atomic E-state index is 13.5. The largest absolute Gasteiger partial charge is 0.478 e. The number of hydrogen-bond acceptors (Lipinski definition) is 7. The minimum Gasteiger partial charge on any atom is -0.478 e. The van der Waals surface area contributed by atoms with Crippen LogP contribution in [0.1, 0.15) is 66.7 Å². The zero-order valence-electron chi connectivity index (χ0n) is 19.7. The van der Waals surface area contributed by atoms with Crippen molar-refractivity contribution >= 4 is 35.5 Å². The fourth-order valence-electron chi connectivity index (χ4n) is 4.99. The lowest BCUT2D eigenvalue weighted by atomic mass is 9.97. The molecule has 4 rings (SSSR count). The summed E-state index contributed by atoms with van der Waals surface area (Å²) in [6.07, 6.45) is 2.48. The topological polar surface area (TPSA) is 144 Å². The van der Waals surface area contributed by atoms with Crippen molar-refractivity contribution in [2.24, 2.45) is 0 Å². The molecule has 2 saturated heterocycles. The Hall–Kier alpha value is -3.60. The van der Waals surface area contributed by atoms with Crippen LogP contribution < -0.4 is 5.32 Å². The van der Waals surface area contributed by atoms with Gasteiger partial charge in [-0.15, -0.1) is 0 Å². The number of aliphatic carboxylic acids is 1. The Morgan fingerprint density at radius 2 is 1.60 bits per heavy atom. The minimum absolute atomic E-state index is 0.131. The summed E-state index contributed by atoms with van der Waals surface area (Å²) in [4.78, 5) is 80.8. The van der Waals surface area contributed by atoms with Crippen LogP contribution in [0.3, 0.4) is 0 Å². The summed E-state index contributed by atoms with van der Waals surface area (Å²) in [7, 11) is 0. The van der Waals surface area contributed by atoms with Crippen LogP contribution in [-0.4, -0.2) is 86.1 Å². The second-order valence-electron chi connectivity index (χ2n) is 9.29. The summed E-state index contributed by atoms with van der Waals surface area (Å²) in [5.41, 5.74) is -2.12. The average Bonchev–Trinajstić information content (AvgIpc) is 3.09. The molecule has 1 aromatic rings. The Kier molecular flexibility index (Phi) is 6.46. The molecule has 0 spiro atoms. The quantitative estimate of drug-likeness (QED) is 0.559. The minimum atomic E-state index is -2.40. The third-order valence-electron chi connectivity index (χ3n) is 7.07. The Labute approximate surface area is 202 Å². The van der Waals surface area contributed by atoms with Crippen LogP contribution in [0.4, 0.5) is 0 Å². The predicted molar refractivity (Wildman–Crippen MR) is 121 cm³/mol. The van der Waals surface area contributed by atoms with Crippen molar-refractivity contribution < 1.29 is 33.9 Å². The normalized spacial score (nSPS) is 23.7. The van der Waals surface area contributed by atoms with E-state index in [-0.39, 0.29) is 24.0 Å². The van der Waals surface area contributed by atoms with Crippen molar-refractivity contribution in [2.45, 2.75) is 63.7 Å². The number of likely N-dealkylation sites (tertiary alicyclic amines) is 2. The monoisotopic (exact) mass is 484 g/mol. The molecule has 2 N–H and O–H groups in total. The molecule has 3 aliphatic heterocycles. The van der Waals surface area contributed by atoms with Crippen LogP contribution in [0.2, 0.25) is 0 Å². The summed E-state index contributed by atoms with van der Waals surface area (Å²) in [5.74, 6) is -5.44. The van der Waals surface area contributed by atoms with E-state index in [4.69, 9.17) is 0 Å². The van der Waals surface area contributed by atoms with Gasteiger partial charge in [-0.2, -0.15) is 0 Å². The molecule has 11 nitrogen and oxygen atoms in total. The van der Waals surface area contributed by atoms with Gasteiger partial charge >= 0.3 is 5.97 Å². The number of piperidine rings is 2. The van der Waals surface area contributed by atoms with E-state index >= 15 is 0 Å². The maximum absolute atomic E-state index is 13.5. The smallest absolute Gasteiger partial charge is 0.350 e. The molecule has 3 aliphatic rings. The van der Waals surface area contributed by atoms with Crippen molar-refractivity contribution in [1.29, 1.82) is 0 Å². The fraction of sp³-hybridized carbons (Fsp3) is 0.500. The number of amides is 5. The van der Waals surface area contributed by atoms with Gasteiger partial charge in [0.2, 0.25) is 17.5 Å². The molecule has 0 aromatic heterocycles. The van der Waals surface area contributed by atoms with Gasteiger partial charge in [-0.05, 0) is 58.3 Å². The van der Waals surface area contributed by atoms with Crippen LogP contribution in [0, 0.1) is 0 Å². The summed E-state index contributed by atoms with van der Waals surface area (Å²) >= 11 is 0. The van der Waals surface area contributed by atoms with Crippen LogP contribution in [0.15, 0.2) is 24.3 Å². The van der Waals surface area contributed by atoms with Crippen LogP contribution >= 0.6 is 0 Å². The van der Waals surface area contributed by atoms with Crippen LogP contribution in [0.25, 0.3) is 0 Å². The highest BCUT2D eigenvalue weighted by Gasteiger charge is 2.55. The van der Waals surface area contributed by atoms with Crippen LogP contribution in [-0.2, 0) is 19.2 Å². The summed E-state index contributed by atoms with van der Waals surface area (Å²) in [6.45, 7) is 4.07. The Balaban J connectivity index is 1.61. The first-order chi connectivity index (χ1) is 16.6. The highest BCUT2D eigenvalue weighted by atomic mass is 16.4. The molecule has 11 heteroatoms. The number of fused-ring (bicyclic) bond motifs is 1. The average molecular weight is 485 g/mol. The number of nitrogens with one attached hydrogen (secondary N) is 1. The number of nitrogens with zero attached hydrogens (tertiary/aromatic N) is 3. The van der Waals surface area contributed by atoms with Gasteiger partial charge in [0, 0.05) is 6.42 Å². The van der Waals surface area contributed by atoms with E-state index in [1.807, 2.05) is 4.90 Å². The maximum Gasteiger partial charge on any atom is 0.350 e. The summed E-state index contributed by atoms with van der Waals surface area (Å²) in [5, 5.41) is 12.4. The number of carboxylic acids is 1. The van der Waals surface area contributed by atoms with Crippen molar-refractivity contribution in [3.63, 3.8) is 0 Å². The SMILES string of the molecule is CC(C(=O)N[C@](C)(C(=O)O)N1C(=O)CCC(N2C(=O)c3ccccc3C2=O)C1=O)N1CCCCC1. The second kappa shape index (κ2) is 9.21. The highest BCUT2D eigenvalue weighted by Crippen LogP contribution is 2.31. The van der Waals surface area contributed by atoms with Gasteiger partial charge in [-0.25, -0.2) is 9.69 Å². The molecule has 5 amide bonds. The number of rotatable bonds is 6. The highest BCUT2D eigenvalue weighted by molar-refractivity contribution is 6.23. The molecule has 3 atom stereocenters. The van der Waals surface area contributed by atoms with E-state index < -0.39 is 53.3 Å². The molecule has 186 valence electrons. The van der Waals surface area contributed by atoms with Gasteiger partial charge in [0.05, 0.1) is 17.2 Å². The number of benzene rings is 1. The van der Waals surface area contributed by atoms with E-state index in [1.54, 1.807) is 19.1 Å². The first kappa shape index (κ1) is 24.5. The van der Waals surface area contributed by atoms with Gasteiger partial charge in [0.25, 0.3) is 17.7 Å². The van der Waals surface area contributed by atoms with Crippen molar-refractivity contribution in [3.05, 3.63) is 35.4 Å². The molecule has 0 aliphatic carbocycles. The van der Waals surface area contributed by atoms with Crippen molar-refractivity contribution in [2.75, 3.05) is 13.1 Å². The lowest BCUT2D eigenvalue weighted by Crippen LogP contribution is -2.72. The molecule has 35 heavy (non-hydrogen) atoms. The molecule has 2 unspecified atom stereocenters. The first-order valence-electron chi connectivity index (χ1n) is 11.7. The summed E-state index contributed by atoms with van der Waals surface area (Å²) < 4.78 is 0. The second-order valence-corrected chi connectivity index (χ2v) is 9.29. The molecular formula is C24H28N4O7. The van der Waals surface area contributed by atoms with E-state index in [2.05, 4.69) is 5.32 Å². The molecule has 0 saturated carbocycles. The number of carbonyl (C=O) groups is 6. The lowest BCUT2D eigenvalue weighted by Gasteiger charge is -2.43. The van der Waals surface area contributed by atoms with E-state index in [9.17, 15) is 33.9 Å². The molecule has 0 bridgehead atoms. The Morgan fingerprint density at radius 1 is 1.03 bits per heavy atom. The van der Waals surface area contributed by atoms with Crippen molar-refractivity contribution in [3.8, 4) is 0 Å². The number of carboxylic acid groups (broad SMARTS) is 1. The fourth-order valence-corrected chi connectivity index (χ4v) is 4.99. The third kappa shape index (κ3) is 4.09. The first-order valence-corrected chi connectivity index (χ1v) is 11.7. The van der Waals surface area contributed by atoms with Gasteiger partial charge in [-0.1, -0.05) is 18.6 Å². The van der Waals surface area contributed by atoms with E-state index in [0.29, 0.717) is 18.0 Å². The standard InChI is InChI=1S/C24H28N4O7/c1-14(26-12-6-3-7-13-26)19(30)25-24(2,23(34)35)28-18(29)11-10-17(22(28)33)27-20(31)15-8-4-5-9-16(15)21(27)32/h4-5,8-9,14,17H,3,6-7,10-13H2,1-2H3,(H,25,30)(H,34,35)/t14?,17?,24-/m0/s1. The Bertz CT molecular complexity index is 1080. The van der Waals surface area contributed by atoms with Gasteiger partial charge < -0.3 is 10.4 Å². The molecule has 1 aromatic carbocycles.